The summed E-state index contributed by atoms with van der Waals surface area (Å²) >= 11 is 0. The third-order valence-corrected chi connectivity index (χ3v) is 0.552. The molecule has 1 heterocycles. The van der Waals surface area contributed by atoms with E-state index in [2.05, 4.69) is 25.4 Å². The Hall–Kier alpha value is -0.840. The fourth-order valence-corrected chi connectivity index (χ4v) is 0.252. The van der Waals surface area contributed by atoms with Crippen molar-refractivity contribution >= 4 is 0 Å². The van der Waals surface area contributed by atoms with E-state index < -0.39 is 6.35 Å². The normalized spacial score (nSPS) is 19.0. The molecule has 0 radical (unpaired) electrons. The molecular formula is C2H4N4O. The molecule has 0 saturated heterocycles. The molecule has 0 amide bonds. The zero-order valence-corrected chi connectivity index (χ0v) is 3.77. The minimum atomic E-state index is -0.486. The molecule has 38 valence electrons. The quantitative estimate of drug-likeness (QED) is 0.479. The molecule has 1 rings (SSSR count). The first-order chi connectivity index (χ1) is 3.43. The predicted molar refractivity (Wildman–Crippen MR) is 20.5 cm³/mol. The summed E-state index contributed by atoms with van der Waals surface area (Å²) < 4.78 is 4.59. The van der Waals surface area contributed by atoms with E-state index in [9.17, 15) is 0 Å². The topological polar surface area (TPSA) is 58.7 Å². The van der Waals surface area contributed by atoms with Crippen molar-refractivity contribution in [1.29, 1.82) is 0 Å². The van der Waals surface area contributed by atoms with Gasteiger partial charge in [0.05, 0.1) is 0 Å². The Balaban J connectivity index is 2.44. The Morgan fingerprint density at radius 3 is 2.14 bits per heavy atom. The van der Waals surface area contributed by atoms with Crippen LogP contribution in [0.15, 0.2) is 20.7 Å². The van der Waals surface area contributed by atoms with Crippen LogP contribution in [0.5, 0.6) is 0 Å². The van der Waals surface area contributed by atoms with Crippen LogP contribution in [0.2, 0.25) is 0 Å². The highest BCUT2D eigenvalue weighted by Crippen LogP contribution is 2.02. The van der Waals surface area contributed by atoms with E-state index in [1.165, 1.54) is 7.11 Å². The van der Waals surface area contributed by atoms with Crippen LogP contribution in [0.1, 0.15) is 0 Å². The third-order valence-electron chi connectivity index (χ3n) is 0.552. The van der Waals surface area contributed by atoms with Crippen LogP contribution in [0.25, 0.3) is 0 Å². The Morgan fingerprint density at radius 1 is 1.29 bits per heavy atom. The van der Waals surface area contributed by atoms with Crippen molar-refractivity contribution in [1.82, 2.24) is 0 Å². The number of ether oxygens (including phenoxy) is 1. The smallest absolute Gasteiger partial charge is 0.286 e. The van der Waals surface area contributed by atoms with Gasteiger partial charge in [-0.15, -0.1) is 10.2 Å². The number of hydrogen-bond donors (Lipinski definition) is 0. The molecule has 0 spiro atoms. The van der Waals surface area contributed by atoms with Crippen molar-refractivity contribution in [3.05, 3.63) is 0 Å². The molecule has 0 aromatic heterocycles. The molecule has 5 heteroatoms. The summed E-state index contributed by atoms with van der Waals surface area (Å²) in [6.07, 6.45) is -0.486. The van der Waals surface area contributed by atoms with Crippen LogP contribution in [0, 0.1) is 0 Å². The lowest BCUT2D eigenvalue weighted by Crippen LogP contribution is -1.96. The largest absolute Gasteiger partial charge is 0.339 e. The van der Waals surface area contributed by atoms with E-state index in [0.29, 0.717) is 0 Å². The van der Waals surface area contributed by atoms with Gasteiger partial charge in [0.15, 0.2) is 0 Å². The third kappa shape index (κ3) is 0.774. The molecular weight excluding hydrogens is 96.0 g/mol. The molecule has 7 heavy (non-hydrogen) atoms. The van der Waals surface area contributed by atoms with Crippen molar-refractivity contribution < 1.29 is 4.74 Å². The van der Waals surface area contributed by atoms with Crippen LogP contribution < -0.4 is 0 Å². The molecule has 0 aliphatic carbocycles. The summed E-state index contributed by atoms with van der Waals surface area (Å²) in [5.74, 6) is 0. The molecule has 1 aliphatic rings. The van der Waals surface area contributed by atoms with E-state index >= 15 is 0 Å². The van der Waals surface area contributed by atoms with Gasteiger partial charge in [0.2, 0.25) is 0 Å². The van der Waals surface area contributed by atoms with E-state index in [1.807, 2.05) is 0 Å². The SMILES string of the molecule is COC1N=NN=N1. The van der Waals surface area contributed by atoms with Crippen molar-refractivity contribution in [2.45, 2.75) is 6.35 Å². The fraction of sp³-hybridized carbons (Fsp3) is 1.00. The van der Waals surface area contributed by atoms with Gasteiger partial charge in [0, 0.05) is 7.11 Å². The highest BCUT2D eigenvalue weighted by Gasteiger charge is 2.03. The highest BCUT2D eigenvalue weighted by molar-refractivity contribution is 4.43. The summed E-state index contributed by atoms with van der Waals surface area (Å²) in [4.78, 5) is 0. The maximum Gasteiger partial charge on any atom is 0.286 e. The minimum absolute atomic E-state index is 0.486. The first kappa shape index (κ1) is 4.32. The summed E-state index contributed by atoms with van der Waals surface area (Å²) in [5.41, 5.74) is 0. The molecule has 0 atom stereocenters. The zero-order valence-electron chi connectivity index (χ0n) is 3.77. The molecule has 0 N–H and O–H groups in total. The summed E-state index contributed by atoms with van der Waals surface area (Å²) in [7, 11) is 1.49. The van der Waals surface area contributed by atoms with E-state index in [0.717, 1.165) is 0 Å². The lowest BCUT2D eigenvalue weighted by molar-refractivity contribution is 0.115. The minimum Gasteiger partial charge on any atom is -0.339 e. The van der Waals surface area contributed by atoms with Gasteiger partial charge in [-0.2, -0.15) is 0 Å². The van der Waals surface area contributed by atoms with Crippen LogP contribution in [-0.2, 0) is 4.74 Å². The highest BCUT2D eigenvalue weighted by atomic mass is 16.5. The average molecular weight is 100 g/mol. The number of hydrogen-bond acceptors (Lipinski definition) is 5. The number of rotatable bonds is 1. The van der Waals surface area contributed by atoms with Gasteiger partial charge < -0.3 is 4.74 Å². The molecule has 0 aromatic rings. The van der Waals surface area contributed by atoms with Crippen LogP contribution in [0.4, 0.5) is 0 Å². The molecule has 0 bridgehead atoms. The van der Waals surface area contributed by atoms with Gasteiger partial charge in [0.1, 0.15) is 0 Å². The molecule has 0 aromatic carbocycles. The average Bonchev–Trinajstić information content (AvgIpc) is 2.14. The second-order valence-electron chi connectivity index (χ2n) is 0.972. The van der Waals surface area contributed by atoms with E-state index in [4.69, 9.17) is 0 Å². The van der Waals surface area contributed by atoms with Crippen LogP contribution in [0.3, 0.4) is 0 Å². The van der Waals surface area contributed by atoms with Gasteiger partial charge in [0.25, 0.3) is 6.35 Å². The van der Waals surface area contributed by atoms with Gasteiger partial charge in [-0.3, -0.25) is 0 Å². The standard InChI is InChI=1S/C2H4N4O/c1-7-2-3-5-6-4-2/h2H,1H3. The van der Waals surface area contributed by atoms with Gasteiger partial charge in [-0.25, -0.2) is 0 Å². The summed E-state index contributed by atoms with van der Waals surface area (Å²) in [6.45, 7) is 0. The van der Waals surface area contributed by atoms with E-state index in [-0.39, 0.29) is 0 Å². The molecule has 0 saturated carbocycles. The monoisotopic (exact) mass is 100 g/mol. The molecule has 0 unspecified atom stereocenters. The summed E-state index contributed by atoms with van der Waals surface area (Å²) in [5, 5.41) is 13.2. The molecule has 0 fully saturated rings. The predicted octanol–water partition coefficient (Wildman–Crippen LogP) is 0.749. The Morgan fingerprint density at radius 2 is 1.86 bits per heavy atom. The van der Waals surface area contributed by atoms with Gasteiger partial charge in [-0.1, -0.05) is 0 Å². The van der Waals surface area contributed by atoms with Crippen molar-refractivity contribution in [3.63, 3.8) is 0 Å². The van der Waals surface area contributed by atoms with Crippen molar-refractivity contribution in [3.8, 4) is 0 Å². The van der Waals surface area contributed by atoms with Crippen molar-refractivity contribution in [2.24, 2.45) is 20.7 Å². The van der Waals surface area contributed by atoms with Crippen LogP contribution >= 0.6 is 0 Å². The molecule has 1 aliphatic heterocycles. The maximum absolute atomic E-state index is 4.59. The second-order valence-corrected chi connectivity index (χ2v) is 0.972. The lowest BCUT2D eigenvalue weighted by Gasteiger charge is -1.90. The van der Waals surface area contributed by atoms with Gasteiger partial charge in [-0.05, 0) is 10.4 Å². The Kier molecular flexibility index (Phi) is 1.08. The Labute approximate surface area is 40.1 Å². The van der Waals surface area contributed by atoms with Crippen LogP contribution in [-0.4, -0.2) is 13.5 Å². The first-order valence-corrected chi connectivity index (χ1v) is 1.76. The second kappa shape index (κ2) is 1.74. The van der Waals surface area contributed by atoms with Crippen molar-refractivity contribution in [2.75, 3.05) is 7.11 Å². The maximum atomic E-state index is 4.59. The Bertz CT molecular complexity index is 96.3. The molecule has 5 nitrogen and oxygen atoms in total. The summed E-state index contributed by atoms with van der Waals surface area (Å²) in [6, 6.07) is 0. The zero-order chi connectivity index (χ0) is 5.11. The lowest BCUT2D eigenvalue weighted by atomic mass is 11.0. The van der Waals surface area contributed by atoms with E-state index in [1.54, 1.807) is 0 Å². The number of methoxy groups -OCH3 is 1. The number of nitrogens with zero attached hydrogens (tertiary/aromatic N) is 4. The first-order valence-electron chi connectivity index (χ1n) is 1.76. The van der Waals surface area contributed by atoms with Gasteiger partial charge >= 0.3 is 0 Å². The fourth-order valence-electron chi connectivity index (χ4n) is 0.252.